The van der Waals surface area contributed by atoms with Crippen molar-refractivity contribution in [2.45, 2.75) is 0 Å². The Bertz CT molecular complexity index is 6.00. The molecule has 0 saturated heterocycles. The van der Waals surface area contributed by atoms with Gasteiger partial charge in [-0.3, -0.25) is 0 Å². The Hall–Kier alpha value is 0.972. The van der Waals surface area contributed by atoms with Crippen molar-refractivity contribution in [2.24, 2.45) is 0 Å². The van der Waals surface area contributed by atoms with Gasteiger partial charge in [0.05, 0.1) is 0 Å². The summed E-state index contributed by atoms with van der Waals surface area (Å²) >= 11 is 0. The maximum Gasteiger partial charge on any atom is 0.187 e. The molecule has 4 heavy (non-hydrogen) atoms. The largest absolute Gasteiger partial charge is 0.412 e. The summed E-state index contributed by atoms with van der Waals surface area (Å²) in [6.07, 6.45) is 0. The molecule has 0 aromatic carbocycles. The molecule has 0 fully saturated rings. The van der Waals surface area contributed by atoms with Crippen LogP contribution in [0.25, 0.3) is 0 Å². The van der Waals surface area contributed by atoms with Crippen LogP contribution in [-0.4, -0.2) is 28.3 Å². The molecule has 0 rings (SSSR count). The van der Waals surface area contributed by atoms with E-state index in [4.69, 9.17) is 0 Å². The van der Waals surface area contributed by atoms with Gasteiger partial charge in [0.2, 0.25) is 0 Å². The molecule has 0 amide bonds. The molecule has 4 heteroatoms. The second-order valence-electron chi connectivity index (χ2n) is 0. The van der Waals surface area contributed by atoms with Gasteiger partial charge in [0, 0.05) is 17.1 Å². The number of hydrogen-bond acceptors (Lipinski definition) is 0. The minimum absolute atomic E-state index is 0. The van der Waals surface area contributed by atoms with Crippen molar-refractivity contribution >= 4 is 17.4 Å². The molecule has 0 saturated carbocycles. The SMILES string of the molecule is O.O.[AlH3].[Fe]. The van der Waals surface area contributed by atoms with Gasteiger partial charge >= 0.3 is 0 Å². The first-order valence-electron chi connectivity index (χ1n) is 0. The number of hydrogen-bond donors (Lipinski definition) is 0. The summed E-state index contributed by atoms with van der Waals surface area (Å²) in [6.45, 7) is 0. The van der Waals surface area contributed by atoms with E-state index in [1.807, 2.05) is 0 Å². The average molecular weight is 122 g/mol. The van der Waals surface area contributed by atoms with E-state index in [0.29, 0.717) is 0 Å². The minimum atomic E-state index is 0. The van der Waals surface area contributed by atoms with E-state index in [-0.39, 0.29) is 45.4 Å². The first-order chi connectivity index (χ1) is 0. The molecule has 0 heterocycles. The van der Waals surface area contributed by atoms with Crippen LogP contribution in [0.3, 0.4) is 0 Å². The Morgan fingerprint density at radius 1 is 0.750 bits per heavy atom. The van der Waals surface area contributed by atoms with Crippen LogP contribution in [0.2, 0.25) is 0 Å². The second kappa shape index (κ2) is 37.1. The molecule has 0 unspecified atom stereocenters. The minimum Gasteiger partial charge on any atom is -0.412 e. The molecule has 0 aromatic heterocycles. The standard InChI is InChI=1S/Al.Fe.2H2O.3H/h;;2*1H2;;;. The smallest absolute Gasteiger partial charge is 0.187 e. The molecule has 0 spiro atoms. The summed E-state index contributed by atoms with van der Waals surface area (Å²) in [5, 5.41) is 0. The Kier molecular flexibility index (Phi) is 771. The van der Waals surface area contributed by atoms with Gasteiger partial charge in [0.1, 0.15) is 0 Å². The van der Waals surface area contributed by atoms with Gasteiger partial charge in [-0.05, 0) is 0 Å². The monoisotopic (exact) mass is 122 g/mol. The second-order valence-corrected chi connectivity index (χ2v) is 0. The first-order valence-corrected chi connectivity index (χ1v) is 0. The molecule has 4 N–H and O–H groups in total. The van der Waals surface area contributed by atoms with Gasteiger partial charge in [-0.1, -0.05) is 0 Å². The van der Waals surface area contributed by atoms with Crippen LogP contribution in [0.15, 0.2) is 0 Å². The number of rotatable bonds is 0. The molecule has 0 atom stereocenters. The fourth-order valence-corrected chi connectivity index (χ4v) is 0. The fourth-order valence-electron chi connectivity index (χ4n) is 0. The summed E-state index contributed by atoms with van der Waals surface area (Å²) in [5.41, 5.74) is 0. The zero-order chi connectivity index (χ0) is 0. The third-order valence-electron chi connectivity index (χ3n) is 0. The van der Waals surface area contributed by atoms with Crippen molar-refractivity contribution < 1.29 is 28.0 Å². The van der Waals surface area contributed by atoms with Gasteiger partial charge in [-0.25, -0.2) is 0 Å². The Morgan fingerprint density at radius 3 is 0.750 bits per heavy atom. The molecule has 0 radical (unpaired) electrons. The predicted octanol–water partition coefficient (Wildman–Crippen LogP) is -2.84. The third-order valence-corrected chi connectivity index (χ3v) is 0. The van der Waals surface area contributed by atoms with Crippen molar-refractivity contribution in [1.82, 2.24) is 0 Å². The molecule has 2 nitrogen and oxygen atoms in total. The van der Waals surface area contributed by atoms with E-state index in [2.05, 4.69) is 0 Å². The summed E-state index contributed by atoms with van der Waals surface area (Å²) in [5.74, 6) is 0. The molecule has 0 aliphatic rings. The molecule has 0 aliphatic carbocycles. The van der Waals surface area contributed by atoms with Crippen LogP contribution in [0.1, 0.15) is 0 Å². The fraction of sp³-hybridized carbons (Fsp3) is 0. The topological polar surface area (TPSA) is 63.0 Å². The van der Waals surface area contributed by atoms with E-state index in [1.54, 1.807) is 0 Å². The van der Waals surface area contributed by atoms with Crippen molar-refractivity contribution in [1.29, 1.82) is 0 Å². The van der Waals surface area contributed by atoms with Gasteiger partial charge in [0.25, 0.3) is 0 Å². The van der Waals surface area contributed by atoms with Gasteiger partial charge in [0.15, 0.2) is 17.4 Å². The normalized spacial score (nSPS) is 0. The average Bonchev–Trinajstić information content (AvgIpc) is 0. The van der Waals surface area contributed by atoms with Crippen LogP contribution < -0.4 is 0 Å². The van der Waals surface area contributed by atoms with E-state index < -0.39 is 0 Å². The van der Waals surface area contributed by atoms with Crippen LogP contribution in [0.5, 0.6) is 0 Å². The van der Waals surface area contributed by atoms with Gasteiger partial charge in [-0.15, -0.1) is 0 Å². The van der Waals surface area contributed by atoms with Crippen LogP contribution in [0, 0.1) is 0 Å². The van der Waals surface area contributed by atoms with Gasteiger partial charge in [-0.2, -0.15) is 0 Å². The van der Waals surface area contributed by atoms with E-state index in [9.17, 15) is 0 Å². The van der Waals surface area contributed by atoms with Crippen molar-refractivity contribution in [3.05, 3.63) is 0 Å². The Labute approximate surface area is 45.8 Å². The third kappa shape index (κ3) is 12.2. The zero-order valence-corrected chi connectivity index (χ0v) is 2.46. The van der Waals surface area contributed by atoms with E-state index in [1.165, 1.54) is 0 Å². The maximum absolute atomic E-state index is 0. The zero-order valence-electron chi connectivity index (χ0n) is 1.35. The predicted molar refractivity (Wildman–Crippen MR) is 17.2 cm³/mol. The Morgan fingerprint density at radius 2 is 0.750 bits per heavy atom. The van der Waals surface area contributed by atoms with Crippen LogP contribution >= 0.6 is 0 Å². The molecule has 30 valence electrons. The summed E-state index contributed by atoms with van der Waals surface area (Å²) in [7, 11) is 0. The molecular formula is H7AlFeO2. The van der Waals surface area contributed by atoms with E-state index in [0.717, 1.165) is 0 Å². The summed E-state index contributed by atoms with van der Waals surface area (Å²) < 4.78 is 0. The van der Waals surface area contributed by atoms with Gasteiger partial charge < -0.3 is 11.0 Å². The maximum atomic E-state index is 0. The quantitative estimate of drug-likeness (QED) is 0.311. The van der Waals surface area contributed by atoms with Crippen molar-refractivity contribution in [3.8, 4) is 0 Å². The molecule has 0 aromatic rings. The molecular weight excluding hydrogens is 115 g/mol. The molecule has 0 bridgehead atoms. The summed E-state index contributed by atoms with van der Waals surface area (Å²) in [6, 6.07) is 0. The van der Waals surface area contributed by atoms with Crippen molar-refractivity contribution in [2.75, 3.05) is 0 Å². The Balaban J connectivity index is 0. The van der Waals surface area contributed by atoms with Crippen molar-refractivity contribution in [3.63, 3.8) is 0 Å². The van der Waals surface area contributed by atoms with Crippen LogP contribution in [0.4, 0.5) is 0 Å². The summed E-state index contributed by atoms with van der Waals surface area (Å²) in [4.78, 5) is 0. The first kappa shape index (κ1) is 83.0. The van der Waals surface area contributed by atoms with E-state index >= 15 is 0 Å². The van der Waals surface area contributed by atoms with Crippen LogP contribution in [-0.2, 0) is 17.1 Å². The molecule has 0 aliphatic heterocycles.